The van der Waals surface area contributed by atoms with Gasteiger partial charge in [0.25, 0.3) is 0 Å². The Morgan fingerprint density at radius 3 is 2.56 bits per heavy atom. The fraction of sp³-hybridized carbons (Fsp3) is 0.308. The highest BCUT2D eigenvalue weighted by molar-refractivity contribution is 5.98. The number of carbonyl (C=O) groups is 1. The van der Waals surface area contributed by atoms with Gasteiger partial charge in [-0.2, -0.15) is 0 Å². The average molecular weight is 245 g/mol. The third-order valence-corrected chi connectivity index (χ3v) is 2.70. The fourth-order valence-corrected chi connectivity index (χ4v) is 1.62. The molecule has 2 aromatic rings. The summed E-state index contributed by atoms with van der Waals surface area (Å²) in [7, 11) is 0. The molecule has 1 heterocycles. The van der Waals surface area contributed by atoms with E-state index in [1.807, 2.05) is 30.3 Å². The van der Waals surface area contributed by atoms with Crippen molar-refractivity contribution >= 4 is 5.78 Å². The number of ketones is 1. The number of aromatic nitrogens is 3. The van der Waals surface area contributed by atoms with Crippen LogP contribution in [-0.4, -0.2) is 32.0 Å². The zero-order valence-corrected chi connectivity index (χ0v) is 10.3. The largest absolute Gasteiger partial charge is 0.385 e. The highest BCUT2D eigenvalue weighted by Crippen LogP contribution is 2.13. The average Bonchev–Trinajstić information content (AvgIpc) is 2.87. The molecule has 0 saturated carbocycles. The molecule has 0 fully saturated rings. The van der Waals surface area contributed by atoms with Crippen LogP contribution in [0.2, 0.25) is 0 Å². The van der Waals surface area contributed by atoms with Crippen molar-refractivity contribution in [3.8, 4) is 5.69 Å². The summed E-state index contributed by atoms with van der Waals surface area (Å²) in [5, 5.41) is 17.4. The second kappa shape index (κ2) is 5.10. The van der Waals surface area contributed by atoms with Gasteiger partial charge in [-0.15, -0.1) is 5.10 Å². The number of hydrogen-bond donors (Lipinski definition) is 1. The van der Waals surface area contributed by atoms with Crippen LogP contribution in [0.1, 0.15) is 24.3 Å². The van der Waals surface area contributed by atoms with Gasteiger partial charge < -0.3 is 5.11 Å². The molecular formula is C13H15N3O2. The van der Waals surface area contributed by atoms with E-state index in [-0.39, 0.29) is 11.7 Å². The Bertz CT molecular complexity index is 534. The molecule has 0 saturated heterocycles. The quantitative estimate of drug-likeness (QED) is 0.828. The molecule has 5 nitrogen and oxygen atoms in total. The Morgan fingerprint density at radius 2 is 1.94 bits per heavy atom. The molecule has 94 valence electrons. The molecule has 1 atom stereocenters. The van der Waals surface area contributed by atoms with E-state index < -0.39 is 6.10 Å². The third-order valence-electron chi connectivity index (χ3n) is 2.70. The van der Waals surface area contributed by atoms with Gasteiger partial charge in [-0.3, -0.25) is 4.79 Å². The lowest BCUT2D eigenvalue weighted by atomic mass is 10.0. The van der Waals surface area contributed by atoms with Crippen molar-refractivity contribution in [3.05, 3.63) is 42.2 Å². The van der Waals surface area contributed by atoms with Crippen molar-refractivity contribution in [1.82, 2.24) is 15.0 Å². The number of para-hydroxylation sites is 1. The number of benzene rings is 1. The summed E-state index contributed by atoms with van der Waals surface area (Å²) in [6.07, 6.45) is 0.340. The second-order valence-electron chi connectivity index (χ2n) is 4.42. The summed E-state index contributed by atoms with van der Waals surface area (Å²) in [5.41, 5.74) is 1.04. The van der Waals surface area contributed by atoms with Gasteiger partial charge in [-0.1, -0.05) is 37.3 Å². The maximum Gasteiger partial charge on any atom is 0.211 e. The summed E-state index contributed by atoms with van der Waals surface area (Å²) in [6.45, 7) is 3.58. The van der Waals surface area contributed by atoms with Crippen LogP contribution < -0.4 is 0 Å². The number of aliphatic hydroxyl groups is 1. The number of Topliss-reactive ketones (excluding diaryl/α,β-unsaturated/α-hetero) is 1. The minimum atomic E-state index is -1.04. The number of hydrogen-bond acceptors (Lipinski definition) is 4. The van der Waals surface area contributed by atoms with Gasteiger partial charge in [-0.05, 0) is 18.1 Å². The highest BCUT2D eigenvalue weighted by atomic mass is 16.3. The van der Waals surface area contributed by atoms with Crippen molar-refractivity contribution in [3.63, 3.8) is 0 Å². The van der Waals surface area contributed by atoms with Crippen LogP contribution in [-0.2, 0) is 0 Å². The zero-order valence-electron chi connectivity index (χ0n) is 10.3. The fourth-order valence-electron chi connectivity index (χ4n) is 1.62. The van der Waals surface area contributed by atoms with E-state index in [4.69, 9.17) is 0 Å². The summed E-state index contributed by atoms with van der Waals surface area (Å²) >= 11 is 0. The van der Waals surface area contributed by atoms with E-state index in [0.29, 0.717) is 5.69 Å². The first-order valence-electron chi connectivity index (χ1n) is 5.79. The standard InChI is InChI=1S/C13H15N3O2/c1-9(2)12(17)13(18)11-8-14-15-16(11)10-6-4-3-5-7-10/h3-9,12,17H,1-2H3. The molecule has 1 unspecified atom stereocenters. The lowest BCUT2D eigenvalue weighted by Gasteiger charge is -2.13. The first-order chi connectivity index (χ1) is 8.61. The van der Waals surface area contributed by atoms with Crippen molar-refractivity contribution in [1.29, 1.82) is 0 Å². The molecule has 1 N–H and O–H groups in total. The highest BCUT2D eigenvalue weighted by Gasteiger charge is 2.24. The molecule has 5 heteroatoms. The normalized spacial score (nSPS) is 12.7. The van der Waals surface area contributed by atoms with Gasteiger partial charge in [0.15, 0.2) is 0 Å². The van der Waals surface area contributed by atoms with E-state index in [1.54, 1.807) is 13.8 Å². The first-order valence-corrected chi connectivity index (χ1v) is 5.79. The Morgan fingerprint density at radius 1 is 1.28 bits per heavy atom. The number of aliphatic hydroxyl groups excluding tert-OH is 1. The second-order valence-corrected chi connectivity index (χ2v) is 4.42. The van der Waals surface area contributed by atoms with E-state index in [2.05, 4.69) is 10.3 Å². The van der Waals surface area contributed by atoms with Crippen molar-refractivity contribution < 1.29 is 9.90 Å². The summed E-state index contributed by atoms with van der Waals surface area (Å²) in [4.78, 5) is 12.1. The summed E-state index contributed by atoms with van der Waals surface area (Å²) in [5.74, 6) is -0.504. The Hall–Kier alpha value is -2.01. The minimum Gasteiger partial charge on any atom is -0.385 e. The molecule has 0 aliphatic rings. The molecule has 0 amide bonds. The predicted octanol–water partition coefficient (Wildman–Crippen LogP) is 1.47. The lowest BCUT2D eigenvalue weighted by Crippen LogP contribution is -2.28. The van der Waals surface area contributed by atoms with Crippen molar-refractivity contribution in [2.45, 2.75) is 20.0 Å². The van der Waals surface area contributed by atoms with Crippen molar-refractivity contribution in [2.24, 2.45) is 5.92 Å². The maximum absolute atomic E-state index is 12.1. The molecule has 0 aliphatic heterocycles. The Balaban J connectivity index is 2.37. The number of nitrogens with zero attached hydrogens (tertiary/aromatic N) is 3. The van der Waals surface area contributed by atoms with Crippen LogP contribution in [0.3, 0.4) is 0 Å². The molecule has 0 bridgehead atoms. The molecule has 0 radical (unpaired) electrons. The molecule has 1 aromatic heterocycles. The maximum atomic E-state index is 12.1. The van der Waals surface area contributed by atoms with Crippen LogP contribution >= 0.6 is 0 Å². The van der Waals surface area contributed by atoms with Gasteiger partial charge >= 0.3 is 0 Å². The summed E-state index contributed by atoms with van der Waals surface area (Å²) in [6, 6.07) is 9.24. The van der Waals surface area contributed by atoms with Gasteiger partial charge in [0.1, 0.15) is 11.8 Å². The molecule has 18 heavy (non-hydrogen) atoms. The summed E-state index contributed by atoms with van der Waals surface area (Å²) < 4.78 is 1.44. The first kappa shape index (κ1) is 12.4. The van der Waals surface area contributed by atoms with E-state index in [9.17, 15) is 9.90 Å². The van der Waals surface area contributed by atoms with Crippen LogP contribution in [0, 0.1) is 5.92 Å². The number of carbonyl (C=O) groups excluding carboxylic acids is 1. The van der Waals surface area contributed by atoms with Gasteiger partial charge in [0.2, 0.25) is 5.78 Å². The lowest BCUT2D eigenvalue weighted by molar-refractivity contribution is 0.0639. The van der Waals surface area contributed by atoms with E-state index >= 15 is 0 Å². The van der Waals surface area contributed by atoms with Crippen LogP contribution in [0.15, 0.2) is 36.5 Å². The minimum absolute atomic E-state index is 0.142. The van der Waals surface area contributed by atoms with Crippen LogP contribution in [0.5, 0.6) is 0 Å². The van der Waals surface area contributed by atoms with Crippen LogP contribution in [0.25, 0.3) is 5.69 Å². The smallest absolute Gasteiger partial charge is 0.211 e. The monoisotopic (exact) mass is 245 g/mol. The van der Waals surface area contributed by atoms with Gasteiger partial charge in [0.05, 0.1) is 11.9 Å². The topological polar surface area (TPSA) is 68.0 Å². The predicted molar refractivity (Wildman–Crippen MR) is 66.5 cm³/mol. The molecule has 2 rings (SSSR count). The molecule has 1 aromatic carbocycles. The van der Waals surface area contributed by atoms with Crippen molar-refractivity contribution in [2.75, 3.05) is 0 Å². The van der Waals surface area contributed by atoms with E-state index in [1.165, 1.54) is 10.9 Å². The Labute approximate surface area is 105 Å². The van der Waals surface area contributed by atoms with Gasteiger partial charge in [-0.25, -0.2) is 4.68 Å². The van der Waals surface area contributed by atoms with E-state index in [0.717, 1.165) is 5.69 Å². The molecule has 0 aliphatic carbocycles. The van der Waals surface area contributed by atoms with Gasteiger partial charge in [0, 0.05) is 0 Å². The SMILES string of the molecule is CC(C)C(O)C(=O)c1cnnn1-c1ccccc1. The number of rotatable bonds is 4. The zero-order chi connectivity index (χ0) is 13.1. The Kier molecular flexibility index (Phi) is 3.53. The molecule has 0 spiro atoms. The molecular weight excluding hydrogens is 230 g/mol. The van der Waals surface area contributed by atoms with Crippen LogP contribution in [0.4, 0.5) is 0 Å². The third kappa shape index (κ3) is 2.31.